The molecule has 1 rings (SSSR count). The van der Waals surface area contributed by atoms with Gasteiger partial charge in [-0.15, -0.1) is 0 Å². The topological polar surface area (TPSA) is 29.5 Å². The van der Waals surface area contributed by atoms with Crippen molar-refractivity contribution in [2.24, 2.45) is 0 Å². The third-order valence-electron chi connectivity index (χ3n) is 2.34. The van der Waals surface area contributed by atoms with Crippen molar-refractivity contribution in [3.8, 4) is 11.5 Å². The van der Waals surface area contributed by atoms with Gasteiger partial charge in [0.1, 0.15) is 11.5 Å². The van der Waals surface area contributed by atoms with Gasteiger partial charge in [0.05, 0.1) is 0 Å². The zero-order chi connectivity index (χ0) is 12.0. The Hall–Kier alpha value is -0.963. The molecular formula is C13H21O2Si. The van der Waals surface area contributed by atoms with Crippen LogP contribution in [0, 0.1) is 0 Å². The molecule has 0 saturated heterocycles. The Balaban J connectivity index is 2.65. The monoisotopic (exact) mass is 237 g/mol. The van der Waals surface area contributed by atoms with E-state index in [2.05, 4.69) is 20.0 Å². The molecule has 0 atom stereocenters. The van der Waals surface area contributed by atoms with Gasteiger partial charge >= 0.3 is 0 Å². The molecule has 1 aromatic carbocycles. The fourth-order valence-corrected chi connectivity index (χ4v) is 2.25. The molecular weight excluding hydrogens is 216 g/mol. The minimum atomic E-state index is -0.756. The Labute approximate surface area is 100.0 Å². The average molecular weight is 237 g/mol. The first-order valence-corrected chi connectivity index (χ1v) is 8.33. The number of hydrogen-bond donors (Lipinski definition) is 1. The van der Waals surface area contributed by atoms with Crippen molar-refractivity contribution < 1.29 is 9.53 Å². The van der Waals surface area contributed by atoms with Crippen molar-refractivity contribution in [1.82, 2.24) is 0 Å². The van der Waals surface area contributed by atoms with Gasteiger partial charge in [-0.05, 0) is 43.6 Å². The fourth-order valence-electron chi connectivity index (χ4n) is 1.66. The Morgan fingerprint density at radius 3 is 2.56 bits per heavy atom. The molecule has 0 unspecified atom stereocenters. The van der Waals surface area contributed by atoms with Gasteiger partial charge in [-0.2, -0.15) is 0 Å². The van der Waals surface area contributed by atoms with Crippen LogP contribution in [0.15, 0.2) is 18.2 Å². The quantitative estimate of drug-likeness (QED) is 0.603. The second-order valence-electron chi connectivity index (χ2n) is 4.30. The van der Waals surface area contributed by atoms with E-state index in [1.54, 1.807) is 6.07 Å². The second-order valence-corrected chi connectivity index (χ2v) is 6.32. The van der Waals surface area contributed by atoms with Crippen molar-refractivity contribution in [3.63, 3.8) is 0 Å². The Morgan fingerprint density at radius 2 is 1.94 bits per heavy atom. The molecule has 0 aliphatic rings. The highest BCUT2D eigenvalue weighted by Gasteiger charge is 2.04. The van der Waals surface area contributed by atoms with E-state index in [0.717, 1.165) is 12.2 Å². The van der Waals surface area contributed by atoms with Gasteiger partial charge in [-0.1, -0.05) is 19.8 Å². The summed E-state index contributed by atoms with van der Waals surface area (Å²) in [4.78, 5) is 0. The molecule has 89 valence electrons. The number of unbranched alkanes of at least 4 members (excludes halogenated alkanes) is 2. The maximum Gasteiger partial charge on any atom is 0.274 e. The number of phenolic OH excluding ortho intramolecular Hbond substituents is 1. The van der Waals surface area contributed by atoms with Gasteiger partial charge in [-0.3, -0.25) is 0 Å². The average Bonchev–Trinajstić information content (AvgIpc) is 2.16. The van der Waals surface area contributed by atoms with E-state index in [4.69, 9.17) is 4.43 Å². The molecule has 1 radical (unpaired) electrons. The van der Waals surface area contributed by atoms with Gasteiger partial charge in [0.2, 0.25) is 0 Å². The first-order chi connectivity index (χ1) is 7.61. The standard InChI is InChI=1S/C13H21O2Si/c1-4-5-6-7-11-8-12(14)10-13(9-11)15-16(2)3/h8-10,14H,4-7H2,1-3H3. The Bertz CT molecular complexity index is 324. The summed E-state index contributed by atoms with van der Waals surface area (Å²) in [5, 5.41) is 9.59. The van der Waals surface area contributed by atoms with E-state index in [-0.39, 0.29) is 0 Å². The Kier molecular flexibility index (Phi) is 5.39. The van der Waals surface area contributed by atoms with Crippen LogP contribution in [0.25, 0.3) is 0 Å². The van der Waals surface area contributed by atoms with Crippen LogP contribution in [0.1, 0.15) is 31.7 Å². The van der Waals surface area contributed by atoms with Crippen LogP contribution in [0.3, 0.4) is 0 Å². The van der Waals surface area contributed by atoms with Gasteiger partial charge in [-0.25, -0.2) is 0 Å². The first kappa shape index (κ1) is 13.1. The molecule has 0 fully saturated rings. The normalized spacial score (nSPS) is 10.8. The van der Waals surface area contributed by atoms with E-state index in [1.165, 1.54) is 24.8 Å². The number of rotatable bonds is 6. The molecule has 1 aromatic rings. The van der Waals surface area contributed by atoms with Crippen molar-refractivity contribution in [1.29, 1.82) is 0 Å². The van der Waals surface area contributed by atoms with Gasteiger partial charge in [0.15, 0.2) is 0 Å². The van der Waals surface area contributed by atoms with Crippen LogP contribution < -0.4 is 4.43 Å². The lowest BCUT2D eigenvalue weighted by Gasteiger charge is -2.10. The van der Waals surface area contributed by atoms with E-state index in [1.807, 2.05) is 12.1 Å². The summed E-state index contributed by atoms with van der Waals surface area (Å²) in [6, 6.07) is 5.58. The third kappa shape index (κ3) is 4.70. The zero-order valence-corrected chi connectivity index (χ0v) is 11.4. The number of aryl methyl sites for hydroxylation is 1. The molecule has 2 nitrogen and oxygen atoms in total. The fraction of sp³-hybridized carbons (Fsp3) is 0.538. The van der Waals surface area contributed by atoms with Crippen molar-refractivity contribution in [2.75, 3.05) is 0 Å². The summed E-state index contributed by atoms with van der Waals surface area (Å²) < 4.78 is 5.68. The number of hydrogen-bond acceptors (Lipinski definition) is 2. The highest BCUT2D eigenvalue weighted by atomic mass is 28.3. The van der Waals surface area contributed by atoms with Gasteiger partial charge < -0.3 is 9.53 Å². The minimum absolute atomic E-state index is 0.312. The highest BCUT2D eigenvalue weighted by Crippen LogP contribution is 2.23. The lowest BCUT2D eigenvalue weighted by atomic mass is 10.1. The maximum atomic E-state index is 9.59. The molecule has 0 aromatic heterocycles. The summed E-state index contributed by atoms with van der Waals surface area (Å²) in [6.45, 7) is 6.37. The molecule has 0 aliphatic carbocycles. The van der Waals surface area contributed by atoms with Crippen LogP contribution in [0.2, 0.25) is 13.1 Å². The van der Waals surface area contributed by atoms with Crippen molar-refractivity contribution in [2.45, 2.75) is 45.7 Å². The number of aromatic hydroxyl groups is 1. The molecule has 0 spiro atoms. The molecule has 0 aliphatic heterocycles. The van der Waals surface area contributed by atoms with E-state index < -0.39 is 9.04 Å². The smallest absolute Gasteiger partial charge is 0.274 e. The summed E-state index contributed by atoms with van der Waals surface area (Å²) in [6.07, 6.45) is 4.66. The van der Waals surface area contributed by atoms with E-state index in [9.17, 15) is 5.11 Å². The molecule has 16 heavy (non-hydrogen) atoms. The predicted octanol–water partition coefficient (Wildman–Crippen LogP) is 3.75. The molecule has 0 amide bonds. The van der Waals surface area contributed by atoms with E-state index in [0.29, 0.717) is 5.75 Å². The predicted molar refractivity (Wildman–Crippen MR) is 69.4 cm³/mol. The number of benzene rings is 1. The summed E-state index contributed by atoms with van der Waals surface area (Å²) >= 11 is 0. The van der Waals surface area contributed by atoms with Crippen LogP contribution >= 0.6 is 0 Å². The number of phenols is 1. The zero-order valence-electron chi connectivity index (χ0n) is 10.4. The molecule has 0 heterocycles. The Morgan fingerprint density at radius 1 is 1.19 bits per heavy atom. The highest BCUT2D eigenvalue weighted by molar-refractivity contribution is 6.49. The van der Waals surface area contributed by atoms with E-state index >= 15 is 0 Å². The molecule has 3 heteroatoms. The summed E-state index contributed by atoms with van der Waals surface area (Å²) in [5.41, 5.74) is 1.17. The lowest BCUT2D eigenvalue weighted by Crippen LogP contribution is -2.11. The second kappa shape index (κ2) is 6.58. The van der Waals surface area contributed by atoms with Crippen LogP contribution in [0.4, 0.5) is 0 Å². The van der Waals surface area contributed by atoms with Crippen LogP contribution in [-0.4, -0.2) is 14.1 Å². The van der Waals surface area contributed by atoms with Crippen molar-refractivity contribution >= 4 is 9.04 Å². The van der Waals surface area contributed by atoms with Crippen molar-refractivity contribution in [3.05, 3.63) is 23.8 Å². The summed E-state index contributed by atoms with van der Waals surface area (Å²) in [5.74, 6) is 1.12. The first-order valence-electron chi connectivity index (χ1n) is 5.92. The van der Waals surface area contributed by atoms with Crippen LogP contribution in [0.5, 0.6) is 11.5 Å². The molecule has 1 N–H and O–H groups in total. The van der Waals surface area contributed by atoms with Gasteiger partial charge in [0, 0.05) is 6.07 Å². The van der Waals surface area contributed by atoms with Crippen LogP contribution in [-0.2, 0) is 6.42 Å². The largest absolute Gasteiger partial charge is 0.543 e. The molecule has 0 bridgehead atoms. The van der Waals surface area contributed by atoms with Gasteiger partial charge in [0.25, 0.3) is 9.04 Å². The summed E-state index contributed by atoms with van der Waals surface area (Å²) in [7, 11) is -0.756. The lowest BCUT2D eigenvalue weighted by molar-refractivity contribution is 0.469. The minimum Gasteiger partial charge on any atom is -0.543 e. The SMILES string of the molecule is CCCCCc1cc(O)cc(O[Si](C)C)c1. The molecule has 0 saturated carbocycles. The third-order valence-corrected chi connectivity index (χ3v) is 2.99. The maximum absolute atomic E-state index is 9.59.